The molecule has 1 aromatic carbocycles. The van der Waals surface area contributed by atoms with Crippen LogP contribution in [0.1, 0.15) is 37.8 Å². The Morgan fingerprint density at radius 2 is 2.13 bits per heavy atom. The van der Waals surface area contributed by atoms with E-state index in [1.807, 2.05) is 26.0 Å². The predicted octanol–water partition coefficient (Wildman–Crippen LogP) is 2.72. The largest absolute Gasteiger partial charge is 0.426 e. The standard InChI is InChI=1S/C13H14O2/c1-5-11-6-7-12(9(2)3)13(8-11)15-10(4)14/h1,6-9H,2-4H3. The number of benzene rings is 1. The number of rotatable bonds is 2. The molecule has 2 heteroatoms. The van der Waals surface area contributed by atoms with E-state index in [0.29, 0.717) is 11.7 Å². The van der Waals surface area contributed by atoms with Gasteiger partial charge in [-0.2, -0.15) is 0 Å². The van der Waals surface area contributed by atoms with Crippen LogP contribution in [0.3, 0.4) is 0 Å². The van der Waals surface area contributed by atoms with Gasteiger partial charge in [0, 0.05) is 12.5 Å². The Bertz CT molecular complexity index is 411. The van der Waals surface area contributed by atoms with Crippen molar-refractivity contribution in [1.29, 1.82) is 0 Å². The van der Waals surface area contributed by atoms with Crippen molar-refractivity contribution >= 4 is 5.97 Å². The van der Waals surface area contributed by atoms with Gasteiger partial charge in [-0.3, -0.25) is 4.79 Å². The van der Waals surface area contributed by atoms with Crippen LogP contribution in [-0.2, 0) is 4.79 Å². The van der Waals surface area contributed by atoms with Crippen LogP contribution < -0.4 is 4.74 Å². The molecular formula is C13H14O2. The van der Waals surface area contributed by atoms with E-state index >= 15 is 0 Å². The Hall–Kier alpha value is -1.75. The Labute approximate surface area is 90.3 Å². The molecule has 0 aliphatic heterocycles. The summed E-state index contributed by atoms with van der Waals surface area (Å²) in [7, 11) is 0. The van der Waals surface area contributed by atoms with Gasteiger partial charge in [0.05, 0.1) is 0 Å². The molecular weight excluding hydrogens is 188 g/mol. The molecule has 15 heavy (non-hydrogen) atoms. The third kappa shape index (κ3) is 2.85. The SMILES string of the molecule is C#Cc1ccc(C(C)C)c(OC(C)=O)c1. The molecule has 78 valence electrons. The molecule has 0 aliphatic rings. The van der Waals surface area contributed by atoms with E-state index in [-0.39, 0.29) is 5.97 Å². The van der Waals surface area contributed by atoms with Gasteiger partial charge in [0.1, 0.15) is 5.75 Å². The van der Waals surface area contributed by atoms with Crippen molar-refractivity contribution in [1.82, 2.24) is 0 Å². The maximum absolute atomic E-state index is 10.9. The summed E-state index contributed by atoms with van der Waals surface area (Å²) in [5.74, 6) is 3.05. The fourth-order valence-electron chi connectivity index (χ4n) is 1.34. The first-order valence-electron chi connectivity index (χ1n) is 4.83. The normalized spacial score (nSPS) is 9.80. The van der Waals surface area contributed by atoms with E-state index in [1.165, 1.54) is 6.92 Å². The summed E-state index contributed by atoms with van der Waals surface area (Å²) in [6, 6.07) is 5.47. The molecule has 0 spiro atoms. The molecule has 0 radical (unpaired) electrons. The van der Waals surface area contributed by atoms with Crippen LogP contribution in [-0.4, -0.2) is 5.97 Å². The van der Waals surface area contributed by atoms with Gasteiger partial charge in [-0.25, -0.2) is 0 Å². The number of carbonyl (C=O) groups excluding carboxylic acids is 1. The third-order valence-electron chi connectivity index (χ3n) is 2.06. The highest BCUT2D eigenvalue weighted by molar-refractivity contribution is 5.70. The summed E-state index contributed by atoms with van der Waals surface area (Å²) in [4.78, 5) is 10.9. The van der Waals surface area contributed by atoms with E-state index in [9.17, 15) is 4.79 Å². The average Bonchev–Trinajstić information content (AvgIpc) is 2.16. The minimum absolute atomic E-state index is 0.297. The second-order valence-electron chi connectivity index (χ2n) is 3.65. The Morgan fingerprint density at radius 3 is 2.60 bits per heavy atom. The second-order valence-corrected chi connectivity index (χ2v) is 3.65. The molecule has 1 rings (SSSR count). The molecule has 0 heterocycles. The van der Waals surface area contributed by atoms with Gasteiger partial charge in [0.25, 0.3) is 0 Å². The third-order valence-corrected chi connectivity index (χ3v) is 2.06. The number of ether oxygens (including phenoxy) is 1. The Kier molecular flexibility index (Phi) is 3.51. The van der Waals surface area contributed by atoms with Crippen molar-refractivity contribution in [3.8, 4) is 18.1 Å². The smallest absolute Gasteiger partial charge is 0.308 e. The van der Waals surface area contributed by atoms with Crippen LogP contribution in [0.2, 0.25) is 0 Å². The highest BCUT2D eigenvalue weighted by atomic mass is 16.5. The minimum atomic E-state index is -0.328. The quantitative estimate of drug-likeness (QED) is 0.418. The first-order chi connectivity index (χ1) is 7.04. The van der Waals surface area contributed by atoms with E-state index in [2.05, 4.69) is 5.92 Å². The molecule has 0 atom stereocenters. The fourth-order valence-corrected chi connectivity index (χ4v) is 1.34. The number of esters is 1. The van der Waals surface area contributed by atoms with E-state index in [4.69, 9.17) is 11.2 Å². The van der Waals surface area contributed by atoms with Gasteiger partial charge in [-0.15, -0.1) is 6.42 Å². The summed E-state index contributed by atoms with van der Waals surface area (Å²) >= 11 is 0. The molecule has 0 aliphatic carbocycles. The van der Waals surface area contributed by atoms with Crippen molar-refractivity contribution in [2.45, 2.75) is 26.7 Å². The monoisotopic (exact) mass is 202 g/mol. The molecule has 1 aromatic rings. The molecule has 0 amide bonds. The first-order valence-corrected chi connectivity index (χ1v) is 4.83. The maximum atomic E-state index is 10.9. The van der Waals surface area contributed by atoms with Crippen molar-refractivity contribution in [2.75, 3.05) is 0 Å². The summed E-state index contributed by atoms with van der Waals surface area (Å²) in [5, 5.41) is 0. The minimum Gasteiger partial charge on any atom is -0.426 e. The lowest BCUT2D eigenvalue weighted by molar-refractivity contribution is -0.131. The predicted molar refractivity (Wildman–Crippen MR) is 59.8 cm³/mol. The van der Waals surface area contributed by atoms with Gasteiger partial charge in [0.2, 0.25) is 0 Å². The first kappa shape index (κ1) is 11.3. The number of terminal acetylenes is 1. The molecule has 0 bridgehead atoms. The summed E-state index contributed by atoms with van der Waals surface area (Å²) < 4.78 is 5.11. The molecule has 0 saturated heterocycles. The number of hydrogen-bond donors (Lipinski definition) is 0. The van der Waals surface area contributed by atoms with Crippen LogP contribution in [0, 0.1) is 12.3 Å². The molecule has 0 N–H and O–H groups in total. The number of hydrogen-bond acceptors (Lipinski definition) is 2. The van der Waals surface area contributed by atoms with E-state index in [0.717, 1.165) is 11.1 Å². The second kappa shape index (κ2) is 4.65. The van der Waals surface area contributed by atoms with Gasteiger partial charge in [0.15, 0.2) is 0 Å². The lowest BCUT2D eigenvalue weighted by Crippen LogP contribution is -2.05. The van der Waals surface area contributed by atoms with Crippen molar-refractivity contribution in [3.63, 3.8) is 0 Å². The molecule has 2 nitrogen and oxygen atoms in total. The van der Waals surface area contributed by atoms with Crippen LogP contribution in [0.4, 0.5) is 0 Å². The maximum Gasteiger partial charge on any atom is 0.308 e. The van der Waals surface area contributed by atoms with Crippen molar-refractivity contribution in [3.05, 3.63) is 29.3 Å². The van der Waals surface area contributed by atoms with Crippen LogP contribution in [0.25, 0.3) is 0 Å². The van der Waals surface area contributed by atoms with Crippen LogP contribution in [0.15, 0.2) is 18.2 Å². The van der Waals surface area contributed by atoms with Gasteiger partial charge in [-0.1, -0.05) is 25.8 Å². The molecule has 0 fully saturated rings. The summed E-state index contributed by atoms with van der Waals surface area (Å²) in [6.45, 7) is 5.46. The molecule has 0 aromatic heterocycles. The zero-order valence-corrected chi connectivity index (χ0v) is 9.20. The summed E-state index contributed by atoms with van der Waals surface area (Å²) in [6.07, 6.45) is 5.29. The molecule has 0 unspecified atom stereocenters. The van der Waals surface area contributed by atoms with Gasteiger partial charge >= 0.3 is 5.97 Å². The highest BCUT2D eigenvalue weighted by Gasteiger charge is 2.10. The number of carbonyl (C=O) groups is 1. The van der Waals surface area contributed by atoms with Gasteiger partial charge in [-0.05, 0) is 23.6 Å². The highest BCUT2D eigenvalue weighted by Crippen LogP contribution is 2.27. The van der Waals surface area contributed by atoms with E-state index < -0.39 is 0 Å². The van der Waals surface area contributed by atoms with Crippen molar-refractivity contribution in [2.24, 2.45) is 0 Å². The summed E-state index contributed by atoms with van der Waals surface area (Å²) in [5.41, 5.74) is 1.71. The zero-order valence-electron chi connectivity index (χ0n) is 9.20. The van der Waals surface area contributed by atoms with E-state index in [1.54, 1.807) is 6.07 Å². The fraction of sp³-hybridized carbons (Fsp3) is 0.308. The zero-order chi connectivity index (χ0) is 11.4. The van der Waals surface area contributed by atoms with Crippen LogP contribution in [0.5, 0.6) is 5.75 Å². The van der Waals surface area contributed by atoms with Crippen molar-refractivity contribution < 1.29 is 9.53 Å². The van der Waals surface area contributed by atoms with Gasteiger partial charge < -0.3 is 4.74 Å². The molecule has 0 saturated carbocycles. The average molecular weight is 202 g/mol. The van der Waals surface area contributed by atoms with Crippen LogP contribution >= 0.6 is 0 Å². The lowest BCUT2D eigenvalue weighted by Gasteiger charge is -2.12. The Balaban J connectivity index is 3.17. The Morgan fingerprint density at radius 1 is 1.47 bits per heavy atom. The topological polar surface area (TPSA) is 26.3 Å². The lowest BCUT2D eigenvalue weighted by atomic mass is 10.0.